The molecule has 0 bridgehead atoms. The van der Waals surface area contributed by atoms with Gasteiger partial charge in [0.1, 0.15) is 5.82 Å². The molecule has 1 amide bonds. The van der Waals surface area contributed by atoms with Crippen molar-refractivity contribution in [3.8, 4) is 0 Å². The number of amides is 1. The van der Waals surface area contributed by atoms with Crippen LogP contribution in [0.3, 0.4) is 0 Å². The van der Waals surface area contributed by atoms with Gasteiger partial charge in [-0.25, -0.2) is 13.8 Å². The molecule has 0 radical (unpaired) electrons. The molecule has 0 saturated heterocycles. The van der Waals surface area contributed by atoms with Crippen molar-refractivity contribution in [3.05, 3.63) is 23.4 Å². The van der Waals surface area contributed by atoms with Crippen molar-refractivity contribution < 1.29 is 13.6 Å². The Bertz CT molecular complexity index is 424. The number of aryl methyl sites for hydroxylation is 1. The third kappa shape index (κ3) is 3.94. The summed E-state index contributed by atoms with van der Waals surface area (Å²) in [5.74, 6) is 0.145. The molecule has 0 aliphatic carbocycles. The van der Waals surface area contributed by atoms with Crippen LogP contribution in [0.15, 0.2) is 12.1 Å². The molecule has 4 nitrogen and oxygen atoms in total. The van der Waals surface area contributed by atoms with Gasteiger partial charge in [0.05, 0.1) is 6.54 Å². The van der Waals surface area contributed by atoms with Gasteiger partial charge in [-0.05, 0) is 26.0 Å². The van der Waals surface area contributed by atoms with Gasteiger partial charge in [0.2, 0.25) is 0 Å². The predicted octanol–water partition coefficient (Wildman–Crippen LogP) is 2.16. The molecule has 0 atom stereocenters. The summed E-state index contributed by atoms with van der Waals surface area (Å²) in [7, 11) is 1.36. The van der Waals surface area contributed by atoms with Crippen LogP contribution in [0.1, 0.15) is 23.0 Å². The number of hydrogen-bond acceptors (Lipinski definition) is 3. The van der Waals surface area contributed by atoms with Crippen molar-refractivity contribution in [3.63, 3.8) is 0 Å². The zero-order valence-corrected chi connectivity index (χ0v) is 10.7. The highest BCUT2D eigenvalue weighted by molar-refractivity contribution is 5.94. The molecule has 6 heteroatoms. The fourth-order valence-electron chi connectivity index (χ4n) is 1.57. The number of hydrogen-bond donors (Lipinski definition) is 1. The second kappa shape index (κ2) is 6.28. The number of nitrogens with zero attached hydrogens (tertiary/aromatic N) is 2. The third-order valence-electron chi connectivity index (χ3n) is 2.32. The number of aromatic nitrogens is 1. The highest BCUT2D eigenvalue weighted by Gasteiger charge is 2.16. The number of alkyl halides is 2. The van der Waals surface area contributed by atoms with Crippen LogP contribution in [0.5, 0.6) is 0 Å². The number of carbonyl (C=O) groups excluding carboxylic acids is 1. The summed E-state index contributed by atoms with van der Waals surface area (Å²) < 4.78 is 24.4. The number of carbonyl (C=O) groups is 1. The lowest BCUT2D eigenvalue weighted by Crippen LogP contribution is -2.31. The minimum absolute atomic E-state index is 0.363. The predicted molar refractivity (Wildman–Crippen MR) is 66.1 cm³/mol. The molecule has 1 N–H and O–H groups in total. The summed E-state index contributed by atoms with van der Waals surface area (Å²) in [4.78, 5) is 17.1. The SMILES string of the molecule is CCNc1cc(C(=O)N(C)CC(F)F)cc(C)n1. The average molecular weight is 257 g/mol. The molecule has 0 spiro atoms. The summed E-state index contributed by atoms with van der Waals surface area (Å²) in [6, 6.07) is 3.16. The molecular formula is C12H17F2N3O. The largest absolute Gasteiger partial charge is 0.370 e. The lowest BCUT2D eigenvalue weighted by atomic mass is 10.2. The standard InChI is InChI=1S/C12H17F2N3O/c1-4-15-11-6-9(5-8(2)16-11)12(18)17(3)7-10(13)14/h5-6,10H,4,7H2,1-3H3,(H,15,16). The first-order chi connectivity index (χ1) is 8.43. The van der Waals surface area contributed by atoms with Crippen LogP contribution < -0.4 is 5.32 Å². The van der Waals surface area contributed by atoms with Crippen molar-refractivity contribution in [2.24, 2.45) is 0 Å². The molecule has 0 aliphatic rings. The summed E-state index contributed by atoms with van der Waals surface area (Å²) in [6.07, 6.45) is -2.53. The van der Waals surface area contributed by atoms with E-state index < -0.39 is 18.9 Å². The van der Waals surface area contributed by atoms with Crippen LogP contribution >= 0.6 is 0 Å². The normalized spacial score (nSPS) is 10.6. The number of anilines is 1. The molecule has 0 aliphatic heterocycles. The van der Waals surface area contributed by atoms with Gasteiger partial charge < -0.3 is 10.2 Å². The first-order valence-corrected chi connectivity index (χ1v) is 5.70. The van der Waals surface area contributed by atoms with Crippen LogP contribution in [0.2, 0.25) is 0 Å². The van der Waals surface area contributed by atoms with Gasteiger partial charge in [0, 0.05) is 24.8 Å². The molecule has 0 saturated carbocycles. The third-order valence-corrected chi connectivity index (χ3v) is 2.32. The van der Waals surface area contributed by atoms with Gasteiger partial charge in [-0.15, -0.1) is 0 Å². The van der Waals surface area contributed by atoms with E-state index >= 15 is 0 Å². The molecule has 1 rings (SSSR count). The Labute approximate surface area is 105 Å². The molecule has 100 valence electrons. The molecule has 0 aromatic carbocycles. The Balaban J connectivity index is 2.91. The van der Waals surface area contributed by atoms with E-state index in [2.05, 4.69) is 10.3 Å². The minimum Gasteiger partial charge on any atom is -0.370 e. The van der Waals surface area contributed by atoms with Gasteiger partial charge in [0.25, 0.3) is 12.3 Å². The second-order valence-corrected chi connectivity index (χ2v) is 3.99. The van der Waals surface area contributed by atoms with Gasteiger partial charge in [-0.1, -0.05) is 0 Å². The highest BCUT2D eigenvalue weighted by Crippen LogP contribution is 2.12. The van der Waals surface area contributed by atoms with Gasteiger partial charge >= 0.3 is 0 Å². The minimum atomic E-state index is -2.53. The van der Waals surface area contributed by atoms with Crippen molar-refractivity contribution in [1.82, 2.24) is 9.88 Å². The number of halogens is 2. The Kier molecular flexibility index (Phi) is 5.00. The van der Waals surface area contributed by atoms with Crippen LogP contribution in [-0.4, -0.2) is 42.4 Å². The summed E-state index contributed by atoms with van der Waals surface area (Å²) >= 11 is 0. The number of pyridine rings is 1. The zero-order chi connectivity index (χ0) is 13.7. The van der Waals surface area contributed by atoms with Crippen LogP contribution in [0.4, 0.5) is 14.6 Å². The summed E-state index contributed by atoms with van der Waals surface area (Å²) in [6.45, 7) is 3.77. The Morgan fingerprint density at radius 2 is 2.17 bits per heavy atom. The Morgan fingerprint density at radius 1 is 1.50 bits per heavy atom. The fourth-order valence-corrected chi connectivity index (χ4v) is 1.57. The zero-order valence-electron chi connectivity index (χ0n) is 10.7. The maximum Gasteiger partial charge on any atom is 0.255 e. The molecule has 1 aromatic heterocycles. The van der Waals surface area contributed by atoms with Crippen LogP contribution in [0.25, 0.3) is 0 Å². The number of rotatable bonds is 5. The van der Waals surface area contributed by atoms with E-state index in [0.717, 1.165) is 4.90 Å². The van der Waals surface area contributed by atoms with Gasteiger partial charge in [-0.3, -0.25) is 4.79 Å². The quantitative estimate of drug-likeness (QED) is 0.879. The van der Waals surface area contributed by atoms with E-state index in [0.29, 0.717) is 23.6 Å². The lowest BCUT2D eigenvalue weighted by molar-refractivity contribution is 0.0620. The van der Waals surface area contributed by atoms with E-state index in [1.807, 2.05) is 6.92 Å². The molecule has 18 heavy (non-hydrogen) atoms. The maximum atomic E-state index is 12.2. The van der Waals surface area contributed by atoms with E-state index in [-0.39, 0.29) is 0 Å². The van der Waals surface area contributed by atoms with Crippen molar-refractivity contribution in [2.75, 3.05) is 25.5 Å². The van der Waals surface area contributed by atoms with E-state index in [9.17, 15) is 13.6 Å². The smallest absolute Gasteiger partial charge is 0.255 e. The Hall–Kier alpha value is -1.72. The summed E-state index contributed by atoms with van der Waals surface area (Å²) in [5.41, 5.74) is 1.03. The average Bonchev–Trinajstić information content (AvgIpc) is 2.26. The molecule has 1 aromatic rings. The van der Waals surface area contributed by atoms with Gasteiger partial charge in [0.15, 0.2) is 0 Å². The first kappa shape index (κ1) is 14.3. The molecule has 1 heterocycles. The van der Waals surface area contributed by atoms with Crippen molar-refractivity contribution in [2.45, 2.75) is 20.3 Å². The highest BCUT2D eigenvalue weighted by atomic mass is 19.3. The first-order valence-electron chi connectivity index (χ1n) is 5.70. The van der Waals surface area contributed by atoms with E-state index in [1.165, 1.54) is 7.05 Å². The van der Waals surface area contributed by atoms with Crippen molar-refractivity contribution >= 4 is 11.7 Å². The van der Waals surface area contributed by atoms with Gasteiger partial charge in [-0.2, -0.15) is 0 Å². The fraction of sp³-hybridized carbons (Fsp3) is 0.500. The monoisotopic (exact) mass is 257 g/mol. The van der Waals surface area contributed by atoms with Crippen LogP contribution in [0, 0.1) is 6.92 Å². The van der Waals surface area contributed by atoms with Crippen LogP contribution in [-0.2, 0) is 0 Å². The Morgan fingerprint density at radius 3 is 2.72 bits per heavy atom. The molecule has 0 unspecified atom stereocenters. The molecular weight excluding hydrogens is 240 g/mol. The summed E-state index contributed by atoms with van der Waals surface area (Å²) in [5, 5.41) is 2.99. The second-order valence-electron chi connectivity index (χ2n) is 3.99. The van der Waals surface area contributed by atoms with E-state index in [4.69, 9.17) is 0 Å². The van der Waals surface area contributed by atoms with Crippen molar-refractivity contribution in [1.29, 1.82) is 0 Å². The molecule has 0 fully saturated rings. The van der Waals surface area contributed by atoms with E-state index in [1.54, 1.807) is 19.1 Å². The lowest BCUT2D eigenvalue weighted by Gasteiger charge is -2.17. The maximum absolute atomic E-state index is 12.2. The number of nitrogens with one attached hydrogen (secondary N) is 1. The topological polar surface area (TPSA) is 45.2 Å².